The Morgan fingerprint density at radius 3 is 2.73 bits per heavy atom. The summed E-state index contributed by atoms with van der Waals surface area (Å²) in [4.78, 5) is 14.9. The second-order valence-electron chi connectivity index (χ2n) is 2.93. The van der Waals surface area contributed by atoms with Gasteiger partial charge in [-0.2, -0.15) is 0 Å². The molecular weight excluding hydrogens is 194 g/mol. The Morgan fingerprint density at radius 1 is 1.33 bits per heavy atom. The van der Waals surface area contributed by atoms with Crippen LogP contribution in [0.25, 0.3) is 5.82 Å². The maximum Gasteiger partial charge on any atom is 0.267 e. The summed E-state index contributed by atoms with van der Waals surface area (Å²) in [7, 11) is 0. The van der Waals surface area contributed by atoms with Crippen LogP contribution in [0.15, 0.2) is 30.5 Å². The number of rotatable bonds is 2. The largest absolute Gasteiger partial charge is 0.382 e. The minimum Gasteiger partial charge on any atom is -0.382 e. The van der Waals surface area contributed by atoms with E-state index in [1.165, 1.54) is 4.68 Å². The van der Waals surface area contributed by atoms with Crippen molar-refractivity contribution in [3.8, 4) is 5.82 Å². The predicted octanol–water partition coefficient (Wildman–Crippen LogP) is -0.0516. The summed E-state index contributed by atoms with van der Waals surface area (Å²) in [6.45, 7) is 0. The molecule has 0 saturated carbocycles. The lowest BCUT2D eigenvalue weighted by Gasteiger charge is -2.01. The van der Waals surface area contributed by atoms with Crippen LogP contribution in [0.4, 0.5) is 5.82 Å². The zero-order valence-corrected chi connectivity index (χ0v) is 7.79. The number of anilines is 1. The molecule has 1 amide bonds. The zero-order chi connectivity index (χ0) is 10.8. The molecular formula is C9H9N5O. The quantitative estimate of drug-likeness (QED) is 0.714. The normalized spacial score (nSPS) is 10.1. The van der Waals surface area contributed by atoms with Gasteiger partial charge in [-0.05, 0) is 12.1 Å². The third kappa shape index (κ3) is 1.78. The van der Waals surface area contributed by atoms with Crippen molar-refractivity contribution in [2.75, 3.05) is 5.73 Å². The molecule has 0 aliphatic rings. The lowest BCUT2D eigenvalue weighted by atomic mass is 10.3. The van der Waals surface area contributed by atoms with Gasteiger partial charge in [0.25, 0.3) is 5.91 Å². The van der Waals surface area contributed by atoms with Crippen LogP contribution in [0, 0.1) is 0 Å². The van der Waals surface area contributed by atoms with Crippen molar-refractivity contribution < 1.29 is 4.79 Å². The molecule has 0 radical (unpaired) electrons. The molecule has 15 heavy (non-hydrogen) atoms. The molecule has 0 bridgehead atoms. The Kier molecular flexibility index (Phi) is 2.09. The minimum absolute atomic E-state index is 0.196. The molecule has 0 spiro atoms. The molecule has 0 atom stereocenters. The number of carbonyl (C=O) groups excluding carboxylic acids is 1. The molecule has 76 valence electrons. The molecule has 2 aromatic rings. The number of nitrogens with zero attached hydrogens (tertiary/aromatic N) is 3. The van der Waals surface area contributed by atoms with Gasteiger partial charge in [-0.1, -0.05) is 6.07 Å². The Bertz CT molecular complexity index is 505. The Morgan fingerprint density at radius 2 is 2.13 bits per heavy atom. The number of nitrogens with two attached hydrogens (primary N) is 2. The monoisotopic (exact) mass is 203 g/mol. The van der Waals surface area contributed by atoms with E-state index in [0.717, 1.165) is 0 Å². The van der Waals surface area contributed by atoms with E-state index in [1.807, 2.05) is 0 Å². The van der Waals surface area contributed by atoms with Gasteiger partial charge in [-0.3, -0.25) is 4.79 Å². The van der Waals surface area contributed by atoms with Gasteiger partial charge in [0.15, 0.2) is 5.82 Å². The highest BCUT2D eigenvalue weighted by Crippen LogP contribution is 2.06. The number of aromatic nitrogens is 3. The fourth-order valence-corrected chi connectivity index (χ4v) is 1.15. The number of carbonyl (C=O) groups is 1. The topological polar surface area (TPSA) is 99.8 Å². The summed E-state index contributed by atoms with van der Waals surface area (Å²) in [5.74, 6) is 0.321. The molecule has 6 heteroatoms. The second-order valence-corrected chi connectivity index (χ2v) is 2.93. The van der Waals surface area contributed by atoms with Gasteiger partial charge in [0.05, 0.1) is 0 Å². The molecule has 2 rings (SSSR count). The van der Waals surface area contributed by atoms with Crippen LogP contribution in [0.5, 0.6) is 0 Å². The lowest BCUT2D eigenvalue weighted by Crippen LogP contribution is -2.14. The van der Waals surface area contributed by atoms with Crippen molar-refractivity contribution in [2.24, 2.45) is 5.73 Å². The molecule has 0 unspecified atom stereocenters. The molecule has 2 heterocycles. The average molecular weight is 203 g/mol. The van der Waals surface area contributed by atoms with Gasteiger partial charge >= 0.3 is 0 Å². The van der Waals surface area contributed by atoms with Gasteiger partial charge in [-0.15, -0.1) is 5.10 Å². The lowest BCUT2D eigenvalue weighted by molar-refractivity contribution is 0.0995. The standard InChI is InChI=1S/C9H9N5O/c10-7-4-5-14(13-7)8-3-1-2-6(12-8)9(11)15/h1-5H,(H2,10,13)(H2,11,15). The summed E-state index contributed by atoms with van der Waals surface area (Å²) in [5, 5.41) is 3.96. The summed E-state index contributed by atoms with van der Waals surface area (Å²) >= 11 is 0. The molecule has 2 aromatic heterocycles. The van der Waals surface area contributed by atoms with E-state index in [9.17, 15) is 4.79 Å². The molecule has 6 nitrogen and oxygen atoms in total. The fourth-order valence-electron chi connectivity index (χ4n) is 1.15. The van der Waals surface area contributed by atoms with E-state index >= 15 is 0 Å². The first-order chi connectivity index (χ1) is 7.16. The van der Waals surface area contributed by atoms with Gasteiger partial charge in [0.1, 0.15) is 11.5 Å². The van der Waals surface area contributed by atoms with Crippen molar-refractivity contribution in [3.63, 3.8) is 0 Å². The van der Waals surface area contributed by atoms with Crippen molar-refractivity contribution in [3.05, 3.63) is 36.2 Å². The van der Waals surface area contributed by atoms with Crippen LogP contribution in [0.1, 0.15) is 10.5 Å². The highest BCUT2D eigenvalue weighted by molar-refractivity contribution is 5.90. The second kappa shape index (κ2) is 3.41. The van der Waals surface area contributed by atoms with E-state index in [2.05, 4.69) is 10.1 Å². The molecule has 0 aromatic carbocycles. The van der Waals surface area contributed by atoms with E-state index in [0.29, 0.717) is 11.6 Å². The highest BCUT2D eigenvalue weighted by atomic mass is 16.1. The Hall–Kier alpha value is -2.37. The first-order valence-corrected chi connectivity index (χ1v) is 4.25. The van der Waals surface area contributed by atoms with E-state index in [4.69, 9.17) is 11.5 Å². The van der Waals surface area contributed by atoms with Crippen LogP contribution in [-0.2, 0) is 0 Å². The number of primary amides is 1. The Labute approximate surface area is 85.5 Å². The van der Waals surface area contributed by atoms with Gasteiger partial charge in [0.2, 0.25) is 0 Å². The maximum atomic E-state index is 10.9. The van der Waals surface area contributed by atoms with E-state index < -0.39 is 5.91 Å². The number of nitrogen functional groups attached to an aromatic ring is 1. The molecule has 0 saturated heterocycles. The molecule has 0 aliphatic heterocycles. The summed E-state index contributed by atoms with van der Waals surface area (Å²) in [6.07, 6.45) is 1.66. The summed E-state index contributed by atoms with van der Waals surface area (Å²) in [6, 6.07) is 6.57. The Balaban J connectivity index is 2.45. The van der Waals surface area contributed by atoms with E-state index in [1.54, 1.807) is 30.5 Å². The average Bonchev–Trinajstić information content (AvgIpc) is 2.65. The fraction of sp³-hybridized carbons (Fsp3) is 0. The number of pyridine rings is 1. The van der Waals surface area contributed by atoms with Gasteiger partial charge in [-0.25, -0.2) is 9.67 Å². The van der Waals surface area contributed by atoms with Gasteiger partial charge < -0.3 is 11.5 Å². The highest BCUT2D eigenvalue weighted by Gasteiger charge is 2.04. The zero-order valence-electron chi connectivity index (χ0n) is 7.79. The van der Waals surface area contributed by atoms with Gasteiger partial charge in [0, 0.05) is 12.3 Å². The van der Waals surface area contributed by atoms with Crippen molar-refractivity contribution in [1.82, 2.24) is 14.8 Å². The van der Waals surface area contributed by atoms with Crippen molar-refractivity contribution in [1.29, 1.82) is 0 Å². The van der Waals surface area contributed by atoms with Crippen molar-refractivity contribution in [2.45, 2.75) is 0 Å². The molecule has 0 aliphatic carbocycles. The molecule has 4 N–H and O–H groups in total. The van der Waals surface area contributed by atoms with Crippen LogP contribution in [-0.4, -0.2) is 20.7 Å². The third-order valence-corrected chi connectivity index (χ3v) is 1.83. The number of hydrogen-bond donors (Lipinski definition) is 2. The number of hydrogen-bond acceptors (Lipinski definition) is 4. The smallest absolute Gasteiger partial charge is 0.267 e. The SMILES string of the molecule is NC(=O)c1cccc(-n2ccc(N)n2)n1. The van der Waals surface area contributed by atoms with Crippen LogP contribution < -0.4 is 11.5 Å². The van der Waals surface area contributed by atoms with Crippen LogP contribution in [0.3, 0.4) is 0 Å². The van der Waals surface area contributed by atoms with Crippen LogP contribution in [0.2, 0.25) is 0 Å². The van der Waals surface area contributed by atoms with Crippen LogP contribution >= 0.6 is 0 Å². The molecule has 0 fully saturated rings. The first kappa shape index (κ1) is 9.20. The third-order valence-electron chi connectivity index (χ3n) is 1.83. The van der Waals surface area contributed by atoms with E-state index in [-0.39, 0.29) is 5.69 Å². The summed E-state index contributed by atoms with van der Waals surface area (Å²) < 4.78 is 1.47. The first-order valence-electron chi connectivity index (χ1n) is 4.25. The minimum atomic E-state index is -0.572. The maximum absolute atomic E-state index is 10.9. The predicted molar refractivity (Wildman–Crippen MR) is 54.3 cm³/mol. The number of amides is 1. The van der Waals surface area contributed by atoms with Crippen molar-refractivity contribution >= 4 is 11.7 Å². The summed E-state index contributed by atoms with van der Waals surface area (Å²) in [5.41, 5.74) is 10.8.